The number of hydrogen-bond acceptors (Lipinski definition) is 5. The Hall–Kier alpha value is -2.82. The van der Waals surface area contributed by atoms with E-state index in [4.69, 9.17) is 16.0 Å². The SMILES string of the molecule is [C-]#[N+]c1c(OC[C@@H]2CCCCN2C(=O)OC(C)(C)C)cccc1[N+](=O)[O-]. The van der Waals surface area contributed by atoms with Crippen molar-refractivity contribution in [2.24, 2.45) is 0 Å². The van der Waals surface area contributed by atoms with Gasteiger partial charge in [-0.3, -0.25) is 10.1 Å². The highest BCUT2D eigenvalue weighted by atomic mass is 16.6. The monoisotopic (exact) mass is 361 g/mol. The predicted octanol–water partition coefficient (Wildman–Crippen LogP) is 4.31. The fraction of sp³-hybridized carbons (Fsp3) is 0.556. The first-order valence-electron chi connectivity index (χ1n) is 8.50. The Morgan fingerprint density at radius 2 is 2.15 bits per heavy atom. The number of amides is 1. The van der Waals surface area contributed by atoms with Crippen LogP contribution in [0, 0.1) is 16.7 Å². The van der Waals surface area contributed by atoms with Gasteiger partial charge in [0.1, 0.15) is 18.0 Å². The van der Waals surface area contributed by atoms with E-state index in [9.17, 15) is 14.9 Å². The summed E-state index contributed by atoms with van der Waals surface area (Å²) >= 11 is 0. The summed E-state index contributed by atoms with van der Waals surface area (Å²) in [6, 6.07) is 4.08. The Morgan fingerprint density at radius 3 is 2.77 bits per heavy atom. The van der Waals surface area contributed by atoms with Gasteiger partial charge in [-0.1, -0.05) is 6.07 Å². The minimum absolute atomic E-state index is 0.128. The van der Waals surface area contributed by atoms with Crippen LogP contribution in [0.1, 0.15) is 40.0 Å². The normalized spacial score (nSPS) is 17.3. The van der Waals surface area contributed by atoms with E-state index in [0.29, 0.717) is 6.54 Å². The van der Waals surface area contributed by atoms with Crippen LogP contribution in [0.5, 0.6) is 5.75 Å². The highest BCUT2D eigenvalue weighted by molar-refractivity contribution is 5.71. The molecular formula is C18H23N3O5. The molecule has 140 valence electrons. The van der Waals surface area contributed by atoms with Crippen molar-refractivity contribution >= 4 is 17.5 Å². The number of carbonyl (C=O) groups excluding carboxylic acids is 1. The Morgan fingerprint density at radius 1 is 1.42 bits per heavy atom. The number of para-hydroxylation sites is 1. The number of hydrogen-bond donors (Lipinski definition) is 0. The predicted molar refractivity (Wildman–Crippen MR) is 95.4 cm³/mol. The molecule has 0 radical (unpaired) electrons. The third kappa shape index (κ3) is 4.85. The third-order valence-electron chi connectivity index (χ3n) is 3.97. The number of rotatable bonds is 4. The third-order valence-corrected chi connectivity index (χ3v) is 3.97. The van der Waals surface area contributed by atoms with Crippen LogP contribution in [0.25, 0.3) is 4.85 Å². The molecule has 1 aromatic carbocycles. The van der Waals surface area contributed by atoms with Gasteiger partial charge in [-0.2, -0.15) is 0 Å². The number of ether oxygens (including phenoxy) is 2. The molecule has 0 N–H and O–H groups in total. The van der Waals surface area contributed by atoms with Crippen molar-refractivity contribution in [2.75, 3.05) is 13.2 Å². The second kappa shape index (κ2) is 8.04. The maximum atomic E-state index is 12.4. The van der Waals surface area contributed by atoms with Gasteiger partial charge in [0.2, 0.25) is 0 Å². The zero-order valence-corrected chi connectivity index (χ0v) is 15.2. The number of nitro groups is 1. The first-order valence-corrected chi connectivity index (χ1v) is 8.50. The van der Waals surface area contributed by atoms with Crippen molar-refractivity contribution in [3.05, 3.63) is 39.7 Å². The molecule has 8 heteroatoms. The number of nitrogens with zero attached hydrogens (tertiary/aromatic N) is 3. The zero-order chi connectivity index (χ0) is 19.3. The summed E-state index contributed by atoms with van der Waals surface area (Å²) in [5.41, 5.74) is -1.00. The number of nitro benzene ring substituents is 1. The number of likely N-dealkylation sites (tertiary alicyclic amines) is 1. The van der Waals surface area contributed by atoms with Crippen LogP contribution in [-0.2, 0) is 4.74 Å². The van der Waals surface area contributed by atoms with Crippen molar-refractivity contribution in [2.45, 2.75) is 51.7 Å². The minimum Gasteiger partial charge on any atom is -0.502 e. The Balaban J connectivity index is 2.12. The van der Waals surface area contributed by atoms with Crippen LogP contribution in [0.15, 0.2) is 18.2 Å². The van der Waals surface area contributed by atoms with E-state index in [1.165, 1.54) is 18.2 Å². The van der Waals surface area contributed by atoms with Gasteiger partial charge in [0.05, 0.1) is 17.5 Å². The molecule has 1 aromatic rings. The van der Waals surface area contributed by atoms with Crippen LogP contribution in [0.4, 0.5) is 16.2 Å². The molecule has 1 fully saturated rings. The molecule has 0 spiro atoms. The van der Waals surface area contributed by atoms with Crippen molar-refractivity contribution < 1.29 is 19.2 Å². The molecule has 1 heterocycles. The smallest absolute Gasteiger partial charge is 0.410 e. The maximum Gasteiger partial charge on any atom is 0.410 e. The van der Waals surface area contributed by atoms with Gasteiger partial charge in [-0.15, -0.1) is 0 Å². The topological polar surface area (TPSA) is 86.3 Å². The summed E-state index contributed by atoms with van der Waals surface area (Å²) < 4.78 is 11.1. The highest BCUT2D eigenvalue weighted by Gasteiger charge is 2.31. The average molecular weight is 361 g/mol. The lowest BCUT2D eigenvalue weighted by Gasteiger charge is -2.36. The molecule has 0 aromatic heterocycles. The Labute approximate surface area is 152 Å². The summed E-state index contributed by atoms with van der Waals surface area (Å²) in [5, 5.41) is 11.1. The van der Waals surface area contributed by atoms with E-state index < -0.39 is 16.6 Å². The number of piperidine rings is 1. The quantitative estimate of drug-likeness (QED) is 0.453. The Kier molecular flexibility index (Phi) is 6.03. The van der Waals surface area contributed by atoms with Crippen LogP contribution in [-0.4, -0.2) is 40.7 Å². The van der Waals surface area contributed by atoms with Gasteiger partial charge >= 0.3 is 11.8 Å². The lowest BCUT2D eigenvalue weighted by Crippen LogP contribution is -2.48. The molecule has 0 saturated carbocycles. The van der Waals surface area contributed by atoms with Crippen LogP contribution >= 0.6 is 0 Å². The van der Waals surface area contributed by atoms with Crippen molar-refractivity contribution in [3.8, 4) is 5.75 Å². The van der Waals surface area contributed by atoms with Crippen molar-refractivity contribution in [1.29, 1.82) is 0 Å². The number of benzene rings is 1. The second-order valence-corrected chi connectivity index (χ2v) is 7.13. The molecule has 1 aliphatic heterocycles. The van der Waals surface area contributed by atoms with Crippen molar-refractivity contribution in [3.63, 3.8) is 0 Å². The molecule has 1 saturated heterocycles. The molecule has 0 aliphatic carbocycles. The van der Waals surface area contributed by atoms with Crippen molar-refractivity contribution in [1.82, 2.24) is 4.90 Å². The summed E-state index contributed by atoms with van der Waals surface area (Å²) in [7, 11) is 0. The van der Waals surface area contributed by atoms with Crippen LogP contribution in [0.2, 0.25) is 0 Å². The van der Waals surface area contributed by atoms with E-state index in [-0.39, 0.29) is 29.8 Å². The van der Waals surface area contributed by atoms with E-state index in [0.717, 1.165) is 19.3 Å². The van der Waals surface area contributed by atoms with E-state index >= 15 is 0 Å². The fourth-order valence-corrected chi connectivity index (χ4v) is 2.81. The zero-order valence-electron chi connectivity index (χ0n) is 15.2. The van der Waals surface area contributed by atoms with E-state index in [1.807, 2.05) is 20.8 Å². The molecule has 0 unspecified atom stereocenters. The summed E-state index contributed by atoms with van der Waals surface area (Å²) in [6.45, 7) is 13.4. The molecule has 1 atom stereocenters. The van der Waals surface area contributed by atoms with E-state index in [1.54, 1.807) is 4.90 Å². The largest absolute Gasteiger partial charge is 0.502 e. The van der Waals surface area contributed by atoms with Gasteiger partial charge < -0.3 is 14.4 Å². The molecule has 1 amide bonds. The summed E-state index contributed by atoms with van der Waals surface area (Å²) in [6.07, 6.45) is 2.20. The highest BCUT2D eigenvalue weighted by Crippen LogP contribution is 2.37. The van der Waals surface area contributed by atoms with E-state index in [2.05, 4.69) is 4.85 Å². The van der Waals surface area contributed by atoms with Gasteiger partial charge in [0.25, 0.3) is 5.69 Å². The lowest BCUT2D eigenvalue weighted by atomic mass is 10.0. The van der Waals surface area contributed by atoms with Gasteiger partial charge in [-0.05, 0) is 46.1 Å². The fourth-order valence-electron chi connectivity index (χ4n) is 2.81. The first-order chi connectivity index (χ1) is 12.2. The maximum absolute atomic E-state index is 12.4. The standard InChI is InChI=1S/C18H23N3O5/c1-18(2,3)26-17(22)20-11-6-5-8-13(20)12-25-15-10-7-9-14(21(23)24)16(15)19-4/h7,9-10,13H,5-6,8,11-12H2,1-3H3/t13-/m0/s1. The molecule has 8 nitrogen and oxygen atoms in total. The van der Waals surface area contributed by atoms with Gasteiger partial charge in [0.15, 0.2) is 0 Å². The van der Waals surface area contributed by atoms with Gasteiger partial charge in [-0.25, -0.2) is 9.64 Å². The number of carbonyl (C=O) groups is 1. The van der Waals surface area contributed by atoms with Crippen LogP contribution < -0.4 is 4.74 Å². The van der Waals surface area contributed by atoms with Gasteiger partial charge in [0, 0.05) is 12.6 Å². The van der Waals surface area contributed by atoms with Crippen LogP contribution in [0.3, 0.4) is 0 Å². The molecule has 26 heavy (non-hydrogen) atoms. The minimum atomic E-state index is -0.603. The second-order valence-electron chi connectivity index (χ2n) is 7.13. The molecule has 2 rings (SSSR count). The Bertz CT molecular complexity index is 721. The summed E-state index contributed by atoms with van der Waals surface area (Å²) in [5.74, 6) is 0.156. The lowest BCUT2D eigenvalue weighted by molar-refractivity contribution is -0.383. The summed E-state index contributed by atoms with van der Waals surface area (Å²) in [4.78, 5) is 27.7. The molecular weight excluding hydrogens is 338 g/mol. The molecule has 1 aliphatic rings. The molecule has 0 bridgehead atoms. The average Bonchev–Trinajstić information content (AvgIpc) is 2.58. The first kappa shape index (κ1) is 19.5.